The summed E-state index contributed by atoms with van der Waals surface area (Å²) in [5, 5.41) is 0.571. The Morgan fingerprint density at radius 3 is 2.70 bits per heavy atom. The number of rotatable bonds is 6. The molecule has 2 rings (SSSR count). The Bertz CT molecular complexity index is 527. The molecule has 23 heavy (non-hydrogen) atoms. The maximum Gasteiger partial charge on any atom is 0.179 e. The summed E-state index contributed by atoms with van der Waals surface area (Å²) in [4.78, 5) is 4.80. The van der Waals surface area contributed by atoms with E-state index >= 15 is 0 Å². The van der Waals surface area contributed by atoms with Crippen molar-refractivity contribution in [3.8, 4) is 11.5 Å². The van der Waals surface area contributed by atoms with Gasteiger partial charge in [0, 0.05) is 38.3 Å². The fourth-order valence-corrected chi connectivity index (χ4v) is 3.57. The van der Waals surface area contributed by atoms with Crippen LogP contribution < -0.4 is 15.2 Å². The number of halogens is 1. The molecule has 0 amide bonds. The van der Waals surface area contributed by atoms with Gasteiger partial charge in [-0.2, -0.15) is 0 Å². The molecular formula is C17H28ClN3O2. The summed E-state index contributed by atoms with van der Waals surface area (Å²) in [6.45, 7) is 8.34. The lowest BCUT2D eigenvalue weighted by molar-refractivity contribution is 0.0634. The van der Waals surface area contributed by atoms with E-state index in [2.05, 4.69) is 23.8 Å². The minimum atomic E-state index is 0.126. The summed E-state index contributed by atoms with van der Waals surface area (Å²) >= 11 is 6.42. The van der Waals surface area contributed by atoms with E-state index in [9.17, 15) is 0 Å². The van der Waals surface area contributed by atoms with E-state index in [1.807, 2.05) is 19.1 Å². The molecule has 1 aliphatic heterocycles. The molecule has 1 heterocycles. The molecule has 0 bridgehead atoms. The van der Waals surface area contributed by atoms with Gasteiger partial charge < -0.3 is 20.1 Å². The summed E-state index contributed by atoms with van der Waals surface area (Å²) in [7, 11) is 3.79. The van der Waals surface area contributed by atoms with Crippen molar-refractivity contribution in [2.24, 2.45) is 5.73 Å². The molecule has 2 atom stereocenters. The van der Waals surface area contributed by atoms with Crippen LogP contribution in [0.1, 0.15) is 25.5 Å². The van der Waals surface area contributed by atoms with Crippen molar-refractivity contribution < 1.29 is 9.47 Å². The van der Waals surface area contributed by atoms with Crippen LogP contribution in [0.2, 0.25) is 5.02 Å². The van der Waals surface area contributed by atoms with Crippen LogP contribution in [0.4, 0.5) is 0 Å². The topological polar surface area (TPSA) is 51.0 Å². The number of nitrogens with two attached hydrogens (primary N) is 1. The average molecular weight is 342 g/mol. The number of likely N-dealkylation sites (N-methyl/N-ethyl adjacent to an activating group) is 1. The van der Waals surface area contributed by atoms with Gasteiger partial charge in [-0.1, -0.05) is 11.6 Å². The second-order valence-electron chi connectivity index (χ2n) is 6.07. The second kappa shape index (κ2) is 8.20. The SMILES string of the molecule is CCOc1c(Cl)cc(C(CN)N2CCN(C)CC2C)cc1OC. The Morgan fingerprint density at radius 2 is 2.13 bits per heavy atom. The van der Waals surface area contributed by atoms with Crippen molar-refractivity contribution in [2.75, 3.05) is 46.9 Å². The predicted molar refractivity (Wildman–Crippen MR) is 94.6 cm³/mol. The zero-order valence-corrected chi connectivity index (χ0v) is 15.3. The van der Waals surface area contributed by atoms with Crippen molar-refractivity contribution in [3.63, 3.8) is 0 Å². The van der Waals surface area contributed by atoms with Crippen LogP contribution in [0.5, 0.6) is 11.5 Å². The number of piperazine rings is 1. The van der Waals surface area contributed by atoms with Gasteiger partial charge in [-0.25, -0.2) is 0 Å². The third kappa shape index (κ3) is 4.10. The van der Waals surface area contributed by atoms with Crippen LogP contribution >= 0.6 is 11.6 Å². The van der Waals surface area contributed by atoms with Crippen LogP contribution in [0.15, 0.2) is 12.1 Å². The van der Waals surface area contributed by atoms with E-state index in [-0.39, 0.29) is 6.04 Å². The lowest BCUT2D eigenvalue weighted by atomic mass is 10.0. The van der Waals surface area contributed by atoms with Crippen molar-refractivity contribution in [2.45, 2.75) is 25.9 Å². The Kier molecular flexibility index (Phi) is 6.53. The van der Waals surface area contributed by atoms with Gasteiger partial charge in [-0.05, 0) is 38.6 Å². The molecule has 1 fully saturated rings. The molecule has 1 aromatic rings. The van der Waals surface area contributed by atoms with Crippen molar-refractivity contribution >= 4 is 11.6 Å². The number of benzene rings is 1. The summed E-state index contributed by atoms with van der Waals surface area (Å²) in [5.74, 6) is 1.26. The van der Waals surface area contributed by atoms with Crippen LogP contribution in [0.25, 0.3) is 0 Å². The number of ether oxygens (including phenoxy) is 2. The van der Waals surface area contributed by atoms with Gasteiger partial charge in [-0.15, -0.1) is 0 Å². The van der Waals surface area contributed by atoms with Gasteiger partial charge in [0.05, 0.1) is 18.7 Å². The van der Waals surface area contributed by atoms with E-state index in [4.69, 9.17) is 26.8 Å². The highest BCUT2D eigenvalue weighted by atomic mass is 35.5. The quantitative estimate of drug-likeness (QED) is 0.861. The summed E-state index contributed by atoms with van der Waals surface area (Å²) in [5.41, 5.74) is 7.18. The Balaban J connectivity index is 2.32. The zero-order valence-electron chi connectivity index (χ0n) is 14.5. The van der Waals surface area contributed by atoms with Crippen LogP contribution in [-0.4, -0.2) is 62.8 Å². The molecule has 5 nitrogen and oxygen atoms in total. The maximum absolute atomic E-state index is 6.42. The predicted octanol–water partition coefficient (Wildman–Crippen LogP) is 2.38. The minimum absolute atomic E-state index is 0.126. The van der Waals surface area contributed by atoms with E-state index in [0.29, 0.717) is 35.7 Å². The first-order chi connectivity index (χ1) is 11.0. The van der Waals surface area contributed by atoms with Gasteiger partial charge in [0.1, 0.15) is 0 Å². The van der Waals surface area contributed by atoms with Crippen LogP contribution in [0, 0.1) is 0 Å². The molecule has 2 N–H and O–H groups in total. The lowest BCUT2D eigenvalue weighted by Crippen LogP contribution is -2.52. The van der Waals surface area contributed by atoms with Gasteiger partial charge in [0.2, 0.25) is 0 Å². The Labute approximate surface area is 144 Å². The molecule has 0 saturated carbocycles. The molecule has 0 aliphatic carbocycles. The van der Waals surface area contributed by atoms with Crippen molar-refractivity contribution in [3.05, 3.63) is 22.7 Å². The van der Waals surface area contributed by atoms with E-state index in [1.54, 1.807) is 7.11 Å². The van der Waals surface area contributed by atoms with Crippen LogP contribution in [0.3, 0.4) is 0 Å². The van der Waals surface area contributed by atoms with Crippen LogP contribution in [-0.2, 0) is 0 Å². The highest BCUT2D eigenvalue weighted by molar-refractivity contribution is 6.32. The molecule has 130 valence electrons. The van der Waals surface area contributed by atoms with E-state index in [1.165, 1.54) is 0 Å². The highest BCUT2D eigenvalue weighted by Crippen LogP contribution is 2.39. The van der Waals surface area contributed by atoms with E-state index < -0.39 is 0 Å². The first-order valence-corrected chi connectivity index (χ1v) is 8.54. The first-order valence-electron chi connectivity index (χ1n) is 8.16. The number of nitrogens with zero attached hydrogens (tertiary/aromatic N) is 2. The minimum Gasteiger partial charge on any atom is -0.493 e. The molecule has 2 unspecified atom stereocenters. The van der Waals surface area contributed by atoms with Gasteiger partial charge >= 0.3 is 0 Å². The molecule has 0 spiro atoms. The molecule has 1 aromatic carbocycles. The third-order valence-corrected chi connectivity index (χ3v) is 4.71. The third-order valence-electron chi connectivity index (χ3n) is 4.43. The number of hydrogen-bond acceptors (Lipinski definition) is 5. The monoisotopic (exact) mass is 341 g/mol. The highest BCUT2D eigenvalue weighted by Gasteiger charge is 2.29. The lowest BCUT2D eigenvalue weighted by Gasteiger charge is -2.42. The van der Waals surface area contributed by atoms with Gasteiger partial charge in [0.25, 0.3) is 0 Å². The van der Waals surface area contributed by atoms with Gasteiger partial charge in [-0.3, -0.25) is 4.90 Å². The molecule has 6 heteroatoms. The summed E-state index contributed by atoms with van der Waals surface area (Å²) < 4.78 is 11.1. The average Bonchev–Trinajstić information content (AvgIpc) is 2.52. The first kappa shape index (κ1) is 18.3. The standard InChI is InChI=1S/C17H28ClN3O2/c1-5-23-17-14(18)8-13(9-16(17)22-4)15(10-19)21-7-6-20(3)11-12(21)2/h8-9,12,15H,5-7,10-11,19H2,1-4H3. The smallest absolute Gasteiger partial charge is 0.179 e. The molecule has 0 aromatic heterocycles. The molecule has 1 saturated heterocycles. The molecule has 0 radical (unpaired) electrons. The Hall–Kier alpha value is -1.01. The fourth-order valence-electron chi connectivity index (χ4n) is 3.30. The summed E-state index contributed by atoms with van der Waals surface area (Å²) in [6, 6.07) is 4.52. The molecular weight excluding hydrogens is 314 g/mol. The number of methoxy groups -OCH3 is 1. The second-order valence-corrected chi connectivity index (χ2v) is 6.47. The summed E-state index contributed by atoms with van der Waals surface area (Å²) in [6.07, 6.45) is 0. The largest absolute Gasteiger partial charge is 0.493 e. The molecule has 1 aliphatic rings. The fraction of sp³-hybridized carbons (Fsp3) is 0.647. The number of hydrogen-bond donors (Lipinski definition) is 1. The maximum atomic E-state index is 6.42. The zero-order chi connectivity index (χ0) is 17.0. The van der Waals surface area contributed by atoms with E-state index in [0.717, 1.165) is 25.2 Å². The Morgan fingerprint density at radius 1 is 1.39 bits per heavy atom. The van der Waals surface area contributed by atoms with Crippen molar-refractivity contribution in [1.29, 1.82) is 0 Å². The normalized spacial score (nSPS) is 21.2. The van der Waals surface area contributed by atoms with Gasteiger partial charge in [0.15, 0.2) is 11.5 Å². The van der Waals surface area contributed by atoms with Crippen molar-refractivity contribution in [1.82, 2.24) is 9.80 Å².